The van der Waals surface area contributed by atoms with Crippen LogP contribution in [0, 0.1) is 11.6 Å². The van der Waals surface area contributed by atoms with Crippen molar-refractivity contribution >= 4 is 22.7 Å². The number of amides is 2. The van der Waals surface area contributed by atoms with Crippen molar-refractivity contribution in [2.24, 2.45) is 0 Å². The first-order chi connectivity index (χ1) is 14.4. The Balaban J connectivity index is 1.52. The topological polar surface area (TPSA) is 90.1 Å². The van der Waals surface area contributed by atoms with Crippen molar-refractivity contribution in [3.63, 3.8) is 0 Å². The molecule has 0 bridgehead atoms. The Morgan fingerprint density at radius 3 is 2.47 bits per heavy atom. The van der Waals surface area contributed by atoms with Gasteiger partial charge in [-0.15, -0.1) is 0 Å². The lowest BCUT2D eigenvalue weighted by atomic mass is 10.0. The fraction of sp³-hybridized carbons (Fsp3) is 0.286. The van der Waals surface area contributed by atoms with Crippen molar-refractivity contribution in [3.05, 3.63) is 65.4 Å². The van der Waals surface area contributed by atoms with Crippen molar-refractivity contribution in [1.82, 2.24) is 25.7 Å². The Morgan fingerprint density at radius 1 is 1.07 bits per heavy atom. The van der Waals surface area contributed by atoms with E-state index in [0.29, 0.717) is 5.39 Å². The molecule has 0 spiro atoms. The van der Waals surface area contributed by atoms with Crippen LogP contribution in [0.3, 0.4) is 0 Å². The van der Waals surface area contributed by atoms with Gasteiger partial charge in [-0.2, -0.15) is 5.10 Å². The maximum absolute atomic E-state index is 14.1. The van der Waals surface area contributed by atoms with Crippen molar-refractivity contribution in [2.75, 3.05) is 27.2 Å². The van der Waals surface area contributed by atoms with E-state index in [9.17, 15) is 18.4 Å². The van der Waals surface area contributed by atoms with Crippen LogP contribution in [-0.2, 0) is 4.79 Å². The normalized spacial score (nSPS) is 12.2. The van der Waals surface area contributed by atoms with Crippen LogP contribution in [-0.4, -0.2) is 54.1 Å². The van der Waals surface area contributed by atoms with Gasteiger partial charge in [-0.25, -0.2) is 8.78 Å². The molecule has 30 heavy (non-hydrogen) atoms. The Hall–Kier alpha value is -3.33. The van der Waals surface area contributed by atoms with Gasteiger partial charge in [0.05, 0.1) is 11.6 Å². The quantitative estimate of drug-likeness (QED) is 0.527. The van der Waals surface area contributed by atoms with E-state index in [1.165, 1.54) is 18.2 Å². The van der Waals surface area contributed by atoms with Crippen LogP contribution in [0.5, 0.6) is 0 Å². The van der Waals surface area contributed by atoms with E-state index in [1.54, 1.807) is 25.1 Å². The minimum Gasteiger partial charge on any atom is -0.354 e. The van der Waals surface area contributed by atoms with Crippen LogP contribution in [0.2, 0.25) is 0 Å². The molecule has 0 aliphatic heterocycles. The zero-order valence-electron chi connectivity index (χ0n) is 16.7. The molecular weight excluding hydrogens is 392 g/mol. The standard InChI is InChI=1S/C21H23F2N5O2/c1-28(2)17(19-14(22)7-5-8-15(19)23)12-25-18(29)10-11-24-21(30)20-13-6-3-4-9-16(13)26-27-20/h3-9,17H,10-12H2,1-2H3,(H,24,30)(H,25,29)(H,26,27). The number of aromatic amines is 1. The van der Waals surface area contributed by atoms with E-state index in [1.807, 2.05) is 18.2 Å². The van der Waals surface area contributed by atoms with Gasteiger partial charge in [-0.1, -0.05) is 24.3 Å². The largest absolute Gasteiger partial charge is 0.354 e. The first-order valence-electron chi connectivity index (χ1n) is 9.47. The fourth-order valence-corrected chi connectivity index (χ4v) is 3.18. The van der Waals surface area contributed by atoms with Crippen LogP contribution in [0.1, 0.15) is 28.5 Å². The van der Waals surface area contributed by atoms with Gasteiger partial charge in [0, 0.05) is 30.5 Å². The molecule has 3 aromatic rings. The second kappa shape index (κ2) is 9.45. The molecule has 1 atom stereocenters. The van der Waals surface area contributed by atoms with Gasteiger partial charge >= 0.3 is 0 Å². The van der Waals surface area contributed by atoms with Crippen LogP contribution in [0.4, 0.5) is 8.78 Å². The third-order valence-corrected chi connectivity index (χ3v) is 4.77. The van der Waals surface area contributed by atoms with E-state index >= 15 is 0 Å². The number of para-hydroxylation sites is 1. The molecule has 3 N–H and O–H groups in total. The molecule has 158 valence electrons. The number of hydrogen-bond acceptors (Lipinski definition) is 4. The smallest absolute Gasteiger partial charge is 0.272 e. The number of nitrogens with one attached hydrogen (secondary N) is 3. The molecule has 3 rings (SSSR count). The minimum absolute atomic E-state index is 0.0218. The highest BCUT2D eigenvalue weighted by molar-refractivity contribution is 6.04. The molecule has 0 saturated heterocycles. The number of aromatic nitrogens is 2. The van der Waals surface area contributed by atoms with E-state index in [0.717, 1.165) is 5.52 Å². The third-order valence-electron chi connectivity index (χ3n) is 4.77. The highest BCUT2D eigenvalue weighted by atomic mass is 19.1. The number of halogens is 2. The third kappa shape index (κ3) is 4.80. The molecule has 0 aliphatic carbocycles. The second-order valence-corrected chi connectivity index (χ2v) is 7.04. The molecule has 0 radical (unpaired) electrons. The molecule has 0 aliphatic rings. The number of H-pyrrole nitrogens is 1. The summed E-state index contributed by atoms with van der Waals surface area (Å²) in [7, 11) is 3.36. The van der Waals surface area contributed by atoms with Crippen molar-refractivity contribution in [3.8, 4) is 0 Å². The van der Waals surface area contributed by atoms with Crippen molar-refractivity contribution < 1.29 is 18.4 Å². The summed E-state index contributed by atoms with van der Waals surface area (Å²) < 4.78 is 28.2. The molecule has 1 aromatic heterocycles. The molecule has 2 aromatic carbocycles. The lowest BCUT2D eigenvalue weighted by molar-refractivity contribution is -0.121. The zero-order chi connectivity index (χ0) is 21.7. The summed E-state index contributed by atoms with van der Waals surface area (Å²) in [6.07, 6.45) is 0.0218. The van der Waals surface area contributed by atoms with Gasteiger partial charge in [-0.3, -0.25) is 14.7 Å². The zero-order valence-corrected chi connectivity index (χ0v) is 16.7. The van der Waals surface area contributed by atoms with Crippen LogP contribution in [0.25, 0.3) is 10.9 Å². The predicted octanol–water partition coefficient (Wildman–Crippen LogP) is 2.38. The summed E-state index contributed by atoms with van der Waals surface area (Å²) >= 11 is 0. The fourth-order valence-electron chi connectivity index (χ4n) is 3.18. The first kappa shape index (κ1) is 21.4. The maximum atomic E-state index is 14.1. The Labute approximate surface area is 172 Å². The molecule has 1 unspecified atom stereocenters. The number of likely N-dealkylation sites (N-methyl/N-ethyl adjacent to an activating group) is 1. The summed E-state index contributed by atoms with van der Waals surface area (Å²) in [5, 5.41) is 12.8. The van der Waals surface area contributed by atoms with E-state index in [-0.39, 0.29) is 42.6 Å². The predicted molar refractivity (Wildman–Crippen MR) is 109 cm³/mol. The second-order valence-electron chi connectivity index (χ2n) is 7.04. The van der Waals surface area contributed by atoms with Crippen LogP contribution >= 0.6 is 0 Å². The molecule has 2 amide bonds. The van der Waals surface area contributed by atoms with Crippen molar-refractivity contribution in [2.45, 2.75) is 12.5 Å². The molecule has 7 nitrogen and oxygen atoms in total. The Morgan fingerprint density at radius 2 is 1.77 bits per heavy atom. The minimum atomic E-state index is -0.667. The monoisotopic (exact) mass is 415 g/mol. The van der Waals surface area contributed by atoms with E-state index in [4.69, 9.17) is 0 Å². The van der Waals surface area contributed by atoms with Gasteiger partial charge < -0.3 is 15.5 Å². The lowest BCUT2D eigenvalue weighted by Gasteiger charge is -2.25. The SMILES string of the molecule is CN(C)C(CNC(=O)CCNC(=O)c1n[nH]c2ccccc12)c1c(F)cccc1F. The van der Waals surface area contributed by atoms with E-state index in [2.05, 4.69) is 20.8 Å². The Kier molecular flexibility index (Phi) is 6.73. The maximum Gasteiger partial charge on any atom is 0.272 e. The number of carbonyl (C=O) groups is 2. The highest BCUT2D eigenvalue weighted by Crippen LogP contribution is 2.23. The number of rotatable bonds is 8. The average Bonchev–Trinajstić information content (AvgIpc) is 3.14. The number of hydrogen-bond donors (Lipinski definition) is 3. The van der Waals surface area contributed by atoms with Gasteiger partial charge in [0.1, 0.15) is 11.6 Å². The molecule has 1 heterocycles. The van der Waals surface area contributed by atoms with Crippen molar-refractivity contribution in [1.29, 1.82) is 0 Å². The summed E-state index contributed by atoms with van der Waals surface area (Å²) in [6.45, 7) is 0.133. The highest BCUT2D eigenvalue weighted by Gasteiger charge is 2.22. The molecule has 0 fully saturated rings. The average molecular weight is 415 g/mol. The summed E-state index contributed by atoms with van der Waals surface area (Å²) in [5.41, 5.74) is 0.908. The number of nitrogens with zero attached hydrogens (tertiary/aromatic N) is 2. The van der Waals surface area contributed by atoms with Gasteiger partial charge in [0.2, 0.25) is 5.91 Å². The first-order valence-corrected chi connectivity index (χ1v) is 9.47. The van der Waals surface area contributed by atoms with Gasteiger partial charge in [0.15, 0.2) is 5.69 Å². The molecule has 9 heteroatoms. The summed E-state index contributed by atoms with van der Waals surface area (Å²) in [4.78, 5) is 26.1. The van der Waals surface area contributed by atoms with Crippen LogP contribution < -0.4 is 10.6 Å². The lowest BCUT2D eigenvalue weighted by Crippen LogP contribution is -2.37. The van der Waals surface area contributed by atoms with E-state index < -0.39 is 17.7 Å². The number of fused-ring (bicyclic) bond motifs is 1. The van der Waals surface area contributed by atoms with Gasteiger partial charge in [0.25, 0.3) is 5.91 Å². The molecular formula is C21H23F2N5O2. The number of benzene rings is 2. The molecule has 0 saturated carbocycles. The Bertz CT molecular complexity index is 1030. The number of carbonyl (C=O) groups excluding carboxylic acids is 2. The van der Waals surface area contributed by atoms with Crippen LogP contribution in [0.15, 0.2) is 42.5 Å². The summed E-state index contributed by atoms with van der Waals surface area (Å²) in [5.74, 6) is -2.06. The summed E-state index contributed by atoms with van der Waals surface area (Å²) in [6, 6.07) is 10.2. The van der Waals surface area contributed by atoms with Gasteiger partial charge in [-0.05, 0) is 32.3 Å².